The van der Waals surface area contributed by atoms with Crippen molar-refractivity contribution in [3.05, 3.63) is 0 Å². The van der Waals surface area contributed by atoms with E-state index in [1.54, 1.807) is 7.05 Å². The number of unbranched alkanes of at least 4 members (excludes halogenated alkanes) is 2. The van der Waals surface area contributed by atoms with Crippen LogP contribution in [-0.2, 0) is 14.4 Å². The molecule has 0 aliphatic heterocycles. The second kappa shape index (κ2) is 23.2. The Morgan fingerprint density at radius 3 is 2.13 bits per heavy atom. The summed E-state index contributed by atoms with van der Waals surface area (Å²) in [5.41, 5.74) is 0. The maximum absolute atomic E-state index is 12.1. The van der Waals surface area contributed by atoms with Gasteiger partial charge in [-0.1, -0.05) is 61.3 Å². The number of amides is 3. The molecule has 0 saturated carbocycles. The van der Waals surface area contributed by atoms with E-state index in [0.29, 0.717) is 24.7 Å². The number of nitrogens with zero attached hydrogens (tertiary/aromatic N) is 2. The molecular weight excluding hydrogens is 380 g/mol. The van der Waals surface area contributed by atoms with Crippen LogP contribution in [0.5, 0.6) is 0 Å². The van der Waals surface area contributed by atoms with Crippen LogP contribution in [0, 0.1) is 23.2 Å². The predicted molar refractivity (Wildman–Crippen MR) is 124 cm³/mol. The van der Waals surface area contributed by atoms with Crippen LogP contribution in [-0.4, -0.2) is 49.3 Å². The van der Waals surface area contributed by atoms with E-state index in [4.69, 9.17) is 5.26 Å². The Kier molecular flexibility index (Phi) is 25.2. The van der Waals surface area contributed by atoms with E-state index in [0.717, 1.165) is 38.6 Å². The molecule has 0 heterocycles. The van der Waals surface area contributed by atoms with Gasteiger partial charge in [-0.05, 0) is 31.1 Å². The van der Waals surface area contributed by atoms with Crippen LogP contribution in [0.1, 0.15) is 87.0 Å². The monoisotopic (exact) mass is 426 g/mol. The first-order valence-corrected chi connectivity index (χ1v) is 11.3. The lowest BCUT2D eigenvalue weighted by molar-refractivity contribution is -0.139. The molecule has 0 saturated heterocycles. The minimum Gasteiger partial charge on any atom is -0.359 e. The second-order valence-corrected chi connectivity index (χ2v) is 7.74. The summed E-state index contributed by atoms with van der Waals surface area (Å²) < 4.78 is 0. The van der Waals surface area contributed by atoms with Gasteiger partial charge in [0.15, 0.2) is 0 Å². The second-order valence-electron chi connectivity index (χ2n) is 7.74. The van der Waals surface area contributed by atoms with Crippen molar-refractivity contribution < 1.29 is 14.4 Å². The van der Waals surface area contributed by atoms with Crippen molar-refractivity contribution in [1.82, 2.24) is 15.5 Å². The van der Waals surface area contributed by atoms with Crippen LogP contribution in [0.25, 0.3) is 0 Å². The molecule has 2 N–H and O–H groups in total. The van der Waals surface area contributed by atoms with Crippen molar-refractivity contribution in [2.45, 2.75) is 93.0 Å². The summed E-state index contributed by atoms with van der Waals surface area (Å²) in [7, 11) is 1.67. The first-order chi connectivity index (χ1) is 14.2. The summed E-state index contributed by atoms with van der Waals surface area (Å²) in [6.45, 7) is 15.2. The van der Waals surface area contributed by atoms with Gasteiger partial charge in [-0.2, -0.15) is 5.26 Å². The molecule has 0 aliphatic carbocycles. The molecule has 0 spiro atoms. The Morgan fingerprint density at radius 1 is 1.10 bits per heavy atom. The van der Waals surface area contributed by atoms with Crippen molar-refractivity contribution in [3.8, 4) is 6.07 Å². The van der Waals surface area contributed by atoms with Crippen molar-refractivity contribution in [2.75, 3.05) is 20.1 Å². The lowest BCUT2D eigenvalue weighted by Gasteiger charge is -2.28. The number of hydrogen-bond acceptors (Lipinski definition) is 4. The quantitative estimate of drug-likeness (QED) is 0.265. The molecule has 0 aromatic rings. The van der Waals surface area contributed by atoms with Crippen molar-refractivity contribution >= 4 is 18.2 Å². The zero-order valence-electron chi connectivity index (χ0n) is 20.6. The molecule has 3 amide bonds. The number of nitriles is 1. The topological polar surface area (TPSA) is 102 Å². The standard InChI is InChI=1S/C15H27N3O2.C6H13NO.C2H6/c1-5-6-7-8-14(19)18(4)13(11-12(2)3)15(20)17-10-9-16;1-6(2)3-4-7-5-8;1-2/h12-13H,5-8,10-11H2,1-4H3,(H,17,20);5-6H,3-4H2,1-2H3,(H,7,8);1-2H3. The zero-order chi connectivity index (χ0) is 23.9. The molecule has 0 rings (SSSR count). The minimum absolute atomic E-state index is 0.00351. The van der Waals surface area contributed by atoms with E-state index >= 15 is 0 Å². The molecule has 0 aromatic heterocycles. The lowest BCUT2D eigenvalue weighted by Crippen LogP contribution is -2.48. The van der Waals surface area contributed by atoms with Gasteiger partial charge in [0.1, 0.15) is 12.6 Å². The van der Waals surface area contributed by atoms with Crippen LogP contribution >= 0.6 is 0 Å². The first kappa shape index (κ1) is 32.6. The van der Waals surface area contributed by atoms with Crippen LogP contribution in [0.2, 0.25) is 0 Å². The predicted octanol–water partition coefficient (Wildman–Crippen LogP) is 3.88. The molecule has 0 radical (unpaired) electrons. The molecule has 0 bridgehead atoms. The zero-order valence-corrected chi connectivity index (χ0v) is 20.6. The maximum atomic E-state index is 12.1. The van der Waals surface area contributed by atoms with E-state index < -0.39 is 6.04 Å². The van der Waals surface area contributed by atoms with Crippen LogP contribution < -0.4 is 10.6 Å². The average molecular weight is 427 g/mol. The Labute approximate surface area is 185 Å². The molecule has 7 nitrogen and oxygen atoms in total. The van der Waals surface area contributed by atoms with E-state index in [9.17, 15) is 14.4 Å². The molecule has 0 aromatic carbocycles. The van der Waals surface area contributed by atoms with Gasteiger partial charge >= 0.3 is 0 Å². The summed E-state index contributed by atoms with van der Waals surface area (Å²) in [5.74, 6) is 0.740. The highest BCUT2D eigenvalue weighted by molar-refractivity contribution is 5.87. The number of carbonyl (C=O) groups is 3. The fourth-order valence-corrected chi connectivity index (χ4v) is 2.44. The molecule has 0 aliphatic rings. The van der Waals surface area contributed by atoms with E-state index in [1.807, 2.05) is 33.8 Å². The Morgan fingerprint density at radius 2 is 1.70 bits per heavy atom. The third-order valence-corrected chi connectivity index (χ3v) is 4.14. The maximum Gasteiger partial charge on any atom is 0.243 e. The van der Waals surface area contributed by atoms with Gasteiger partial charge in [-0.3, -0.25) is 14.4 Å². The van der Waals surface area contributed by atoms with E-state index in [1.165, 1.54) is 4.90 Å². The number of nitrogens with one attached hydrogen (secondary N) is 2. The molecule has 176 valence electrons. The van der Waals surface area contributed by atoms with Crippen LogP contribution in [0.4, 0.5) is 0 Å². The van der Waals surface area contributed by atoms with E-state index in [2.05, 4.69) is 31.4 Å². The SMILES string of the molecule is CC.CC(C)CCNC=O.CCCCCC(=O)N(C)C(CC(C)C)C(=O)NCC#N. The summed E-state index contributed by atoms with van der Waals surface area (Å²) in [4.78, 5) is 35.4. The lowest BCUT2D eigenvalue weighted by atomic mass is 10.0. The largest absolute Gasteiger partial charge is 0.359 e. The van der Waals surface area contributed by atoms with Gasteiger partial charge in [0, 0.05) is 20.0 Å². The molecular formula is C23H46N4O3. The average Bonchev–Trinajstić information content (AvgIpc) is 2.71. The number of likely N-dealkylation sites (N-methyl/N-ethyl adjacent to an activating group) is 1. The van der Waals surface area contributed by atoms with Gasteiger partial charge < -0.3 is 15.5 Å². The molecule has 7 heteroatoms. The van der Waals surface area contributed by atoms with Gasteiger partial charge in [0.2, 0.25) is 18.2 Å². The van der Waals surface area contributed by atoms with Gasteiger partial charge in [-0.25, -0.2) is 0 Å². The summed E-state index contributed by atoms with van der Waals surface area (Å²) in [6.07, 6.45) is 5.83. The first-order valence-electron chi connectivity index (χ1n) is 11.3. The Hall–Kier alpha value is -2.10. The molecule has 0 fully saturated rings. The minimum atomic E-state index is -0.488. The third-order valence-electron chi connectivity index (χ3n) is 4.14. The highest BCUT2D eigenvalue weighted by atomic mass is 16.2. The Balaban J connectivity index is -0.000000609. The molecule has 30 heavy (non-hydrogen) atoms. The van der Waals surface area contributed by atoms with Gasteiger partial charge in [-0.15, -0.1) is 0 Å². The van der Waals surface area contributed by atoms with Crippen molar-refractivity contribution in [2.24, 2.45) is 11.8 Å². The van der Waals surface area contributed by atoms with E-state index in [-0.39, 0.29) is 18.4 Å². The number of hydrogen-bond donors (Lipinski definition) is 2. The normalized spacial score (nSPS) is 10.6. The fourth-order valence-electron chi connectivity index (χ4n) is 2.44. The molecule has 1 unspecified atom stereocenters. The highest BCUT2D eigenvalue weighted by Gasteiger charge is 2.26. The van der Waals surface area contributed by atoms with Gasteiger partial charge in [0.05, 0.1) is 6.07 Å². The van der Waals surface area contributed by atoms with Crippen molar-refractivity contribution in [3.63, 3.8) is 0 Å². The van der Waals surface area contributed by atoms with Crippen LogP contribution in [0.15, 0.2) is 0 Å². The number of rotatable bonds is 13. The molecule has 1 atom stereocenters. The summed E-state index contributed by atoms with van der Waals surface area (Å²) in [6, 6.07) is 1.39. The smallest absolute Gasteiger partial charge is 0.243 e. The summed E-state index contributed by atoms with van der Waals surface area (Å²) >= 11 is 0. The highest BCUT2D eigenvalue weighted by Crippen LogP contribution is 2.13. The van der Waals surface area contributed by atoms with Gasteiger partial charge in [0.25, 0.3) is 0 Å². The Bertz CT molecular complexity index is 474. The summed E-state index contributed by atoms with van der Waals surface area (Å²) in [5, 5.41) is 13.7. The fraction of sp³-hybridized carbons (Fsp3) is 0.826. The van der Waals surface area contributed by atoms with Crippen molar-refractivity contribution in [1.29, 1.82) is 5.26 Å². The third kappa shape index (κ3) is 20.6. The number of carbonyl (C=O) groups excluding carboxylic acids is 3. The van der Waals surface area contributed by atoms with Crippen LogP contribution in [0.3, 0.4) is 0 Å².